The van der Waals surface area contributed by atoms with Crippen molar-refractivity contribution in [2.75, 3.05) is 13.7 Å². The highest BCUT2D eigenvalue weighted by atomic mass is 16.5. The van der Waals surface area contributed by atoms with Crippen LogP contribution in [0.2, 0.25) is 0 Å². The van der Waals surface area contributed by atoms with Crippen molar-refractivity contribution in [1.29, 1.82) is 0 Å². The topological polar surface area (TPSA) is 38.7 Å². The van der Waals surface area contributed by atoms with Crippen molar-refractivity contribution < 1.29 is 14.6 Å². The summed E-state index contributed by atoms with van der Waals surface area (Å²) in [5.74, 6) is 2.32. The summed E-state index contributed by atoms with van der Waals surface area (Å²) in [6, 6.07) is 23.9. The zero-order chi connectivity index (χ0) is 17.2. The number of rotatable bonds is 3. The molecule has 0 bridgehead atoms. The van der Waals surface area contributed by atoms with E-state index in [4.69, 9.17) is 9.47 Å². The minimum absolute atomic E-state index is 0.164. The molecule has 0 spiro atoms. The molecular weight excluding hydrogens is 312 g/mol. The Morgan fingerprint density at radius 3 is 2.40 bits per heavy atom. The molecule has 3 nitrogen and oxygen atoms in total. The fourth-order valence-corrected chi connectivity index (χ4v) is 3.60. The van der Waals surface area contributed by atoms with Gasteiger partial charge in [0, 0.05) is 23.5 Å². The summed E-state index contributed by atoms with van der Waals surface area (Å²) in [6.07, 6.45) is 0. The fourth-order valence-electron chi connectivity index (χ4n) is 3.60. The van der Waals surface area contributed by atoms with Gasteiger partial charge in [-0.05, 0) is 29.3 Å². The van der Waals surface area contributed by atoms with E-state index >= 15 is 0 Å². The lowest BCUT2D eigenvalue weighted by molar-refractivity contribution is 0.247. The Kier molecular flexibility index (Phi) is 4.06. The van der Waals surface area contributed by atoms with E-state index in [9.17, 15) is 5.11 Å². The number of phenolic OH excluding ortho intramolecular Hbond substituents is 1. The minimum Gasteiger partial charge on any atom is -0.508 e. The quantitative estimate of drug-likeness (QED) is 0.755. The lowest BCUT2D eigenvalue weighted by Gasteiger charge is -2.34. The van der Waals surface area contributed by atoms with Crippen LogP contribution >= 0.6 is 0 Å². The van der Waals surface area contributed by atoms with Crippen LogP contribution in [0, 0.1) is 0 Å². The third kappa shape index (κ3) is 2.93. The van der Waals surface area contributed by atoms with E-state index < -0.39 is 0 Å². The third-order valence-corrected chi connectivity index (χ3v) is 4.86. The van der Waals surface area contributed by atoms with E-state index in [1.54, 1.807) is 19.2 Å². The first kappa shape index (κ1) is 15.6. The van der Waals surface area contributed by atoms with Crippen LogP contribution in [0.5, 0.6) is 17.2 Å². The van der Waals surface area contributed by atoms with E-state index in [1.165, 1.54) is 11.1 Å². The van der Waals surface area contributed by atoms with Crippen LogP contribution in [0.3, 0.4) is 0 Å². The van der Waals surface area contributed by atoms with E-state index in [0.29, 0.717) is 6.61 Å². The van der Waals surface area contributed by atoms with Gasteiger partial charge in [0.2, 0.25) is 0 Å². The molecule has 3 aromatic carbocycles. The average Bonchev–Trinajstić information content (AvgIpc) is 2.68. The fraction of sp³-hybridized carbons (Fsp3) is 0.182. The van der Waals surface area contributed by atoms with Gasteiger partial charge in [0.25, 0.3) is 0 Å². The monoisotopic (exact) mass is 332 g/mol. The normalized spacial score (nSPS) is 18.9. The number of benzene rings is 3. The van der Waals surface area contributed by atoms with Gasteiger partial charge in [-0.3, -0.25) is 0 Å². The molecule has 126 valence electrons. The molecule has 1 N–H and O–H groups in total. The molecular formula is C22H20O3. The standard InChI is InChI=1S/C22H20O3/c1-24-18-11-12-19-21(13-18)25-14-20(15-5-3-2-4-6-15)22(19)16-7-9-17(23)10-8-16/h2-13,20,22-23H,14H2,1H3/t20?,22-/m0/s1. The summed E-state index contributed by atoms with van der Waals surface area (Å²) in [5, 5.41) is 9.66. The lowest BCUT2D eigenvalue weighted by atomic mass is 9.76. The van der Waals surface area contributed by atoms with Gasteiger partial charge in [-0.1, -0.05) is 48.5 Å². The van der Waals surface area contributed by atoms with Gasteiger partial charge in [-0.15, -0.1) is 0 Å². The maximum absolute atomic E-state index is 9.66. The summed E-state index contributed by atoms with van der Waals surface area (Å²) < 4.78 is 11.4. The molecule has 2 atom stereocenters. The van der Waals surface area contributed by atoms with Crippen LogP contribution in [-0.4, -0.2) is 18.8 Å². The van der Waals surface area contributed by atoms with Gasteiger partial charge in [-0.25, -0.2) is 0 Å². The van der Waals surface area contributed by atoms with Crippen molar-refractivity contribution in [1.82, 2.24) is 0 Å². The first-order chi connectivity index (χ1) is 12.3. The van der Waals surface area contributed by atoms with Gasteiger partial charge >= 0.3 is 0 Å². The Morgan fingerprint density at radius 2 is 1.68 bits per heavy atom. The van der Waals surface area contributed by atoms with Gasteiger partial charge < -0.3 is 14.6 Å². The van der Waals surface area contributed by atoms with Crippen molar-refractivity contribution in [3.05, 3.63) is 89.5 Å². The number of hydrogen-bond acceptors (Lipinski definition) is 3. The predicted octanol–water partition coefficient (Wildman–Crippen LogP) is 4.71. The number of fused-ring (bicyclic) bond motifs is 1. The molecule has 1 unspecified atom stereocenters. The van der Waals surface area contributed by atoms with Crippen LogP contribution in [-0.2, 0) is 0 Å². The second kappa shape index (κ2) is 6.52. The summed E-state index contributed by atoms with van der Waals surface area (Å²) in [7, 11) is 1.66. The average molecular weight is 332 g/mol. The zero-order valence-corrected chi connectivity index (χ0v) is 14.1. The second-order valence-corrected chi connectivity index (χ2v) is 6.30. The number of ether oxygens (including phenoxy) is 2. The molecule has 0 saturated carbocycles. The number of hydrogen-bond donors (Lipinski definition) is 1. The summed E-state index contributed by atoms with van der Waals surface area (Å²) >= 11 is 0. The van der Waals surface area contributed by atoms with E-state index in [1.807, 2.05) is 30.3 Å². The molecule has 0 amide bonds. The van der Waals surface area contributed by atoms with E-state index in [2.05, 4.69) is 30.3 Å². The molecule has 0 fully saturated rings. The maximum atomic E-state index is 9.66. The van der Waals surface area contributed by atoms with Crippen LogP contribution < -0.4 is 9.47 Å². The molecule has 3 heteroatoms. The van der Waals surface area contributed by atoms with Crippen molar-refractivity contribution in [3.63, 3.8) is 0 Å². The highest BCUT2D eigenvalue weighted by Gasteiger charge is 2.33. The van der Waals surface area contributed by atoms with Gasteiger partial charge in [0.15, 0.2) is 0 Å². The first-order valence-electron chi connectivity index (χ1n) is 8.41. The van der Waals surface area contributed by atoms with Crippen LogP contribution in [0.4, 0.5) is 0 Å². The van der Waals surface area contributed by atoms with Crippen LogP contribution in [0.1, 0.15) is 28.5 Å². The second-order valence-electron chi connectivity index (χ2n) is 6.30. The van der Waals surface area contributed by atoms with Crippen molar-refractivity contribution in [2.24, 2.45) is 0 Å². The van der Waals surface area contributed by atoms with Crippen LogP contribution in [0.25, 0.3) is 0 Å². The molecule has 1 aliphatic heterocycles. The Labute approximate surface area is 147 Å². The molecule has 0 saturated heterocycles. The molecule has 0 aliphatic carbocycles. The van der Waals surface area contributed by atoms with Crippen LogP contribution in [0.15, 0.2) is 72.8 Å². The molecule has 25 heavy (non-hydrogen) atoms. The Balaban J connectivity index is 1.84. The molecule has 3 aromatic rings. The first-order valence-corrected chi connectivity index (χ1v) is 8.41. The SMILES string of the molecule is COc1ccc2c(c1)OCC(c1ccccc1)[C@H]2c1ccc(O)cc1. The Hall–Kier alpha value is -2.94. The molecule has 1 heterocycles. The minimum atomic E-state index is 0.164. The number of phenols is 1. The summed E-state index contributed by atoms with van der Waals surface area (Å²) in [4.78, 5) is 0. The number of methoxy groups -OCH3 is 1. The van der Waals surface area contributed by atoms with E-state index in [0.717, 1.165) is 17.1 Å². The van der Waals surface area contributed by atoms with Crippen molar-refractivity contribution >= 4 is 0 Å². The highest BCUT2D eigenvalue weighted by Crippen LogP contribution is 2.47. The largest absolute Gasteiger partial charge is 0.508 e. The van der Waals surface area contributed by atoms with Crippen molar-refractivity contribution in [3.8, 4) is 17.2 Å². The number of aromatic hydroxyl groups is 1. The van der Waals surface area contributed by atoms with Gasteiger partial charge in [0.1, 0.15) is 17.2 Å². The smallest absolute Gasteiger partial charge is 0.126 e. The summed E-state index contributed by atoms with van der Waals surface area (Å²) in [6.45, 7) is 0.607. The Bertz CT molecular complexity index is 856. The Morgan fingerprint density at radius 1 is 0.920 bits per heavy atom. The predicted molar refractivity (Wildman–Crippen MR) is 97.6 cm³/mol. The maximum Gasteiger partial charge on any atom is 0.126 e. The molecule has 4 rings (SSSR count). The van der Waals surface area contributed by atoms with Gasteiger partial charge in [0.05, 0.1) is 13.7 Å². The van der Waals surface area contributed by atoms with Crippen molar-refractivity contribution in [2.45, 2.75) is 11.8 Å². The molecule has 0 aromatic heterocycles. The highest BCUT2D eigenvalue weighted by molar-refractivity contribution is 5.51. The van der Waals surface area contributed by atoms with Gasteiger partial charge in [-0.2, -0.15) is 0 Å². The molecule has 1 aliphatic rings. The van der Waals surface area contributed by atoms with E-state index in [-0.39, 0.29) is 17.6 Å². The lowest BCUT2D eigenvalue weighted by Crippen LogP contribution is -2.25. The summed E-state index contributed by atoms with van der Waals surface area (Å²) in [5.41, 5.74) is 3.56. The zero-order valence-electron chi connectivity index (χ0n) is 14.1. The molecule has 0 radical (unpaired) electrons. The third-order valence-electron chi connectivity index (χ3n) is 4.86.